The summed E-state index contributed by atoms with van der Waals surface area (Å²) >= 11 is 0. The van der Waals surface area contributed by atoms with E-state index in [4.69, 9.17) is 4.74 Å². The minimum atomic E-state index is 0.224. The van der Waals surface area contributed by atoms with Crippen molar-refractivity contribution >= 4 is 0 Å². The van der Waals surface area contributed by atoms with Crippen molar-refractivity contribution < 1.29 is 4.74 Å². The molecular weight excluding hydrogens is 188 g/mol. The zero-order valence-electron chi connectivity index (χ0n) is 10.0. The molecule has 0 fully saturated rings. The number of nitrogens with zero attached hydrogens (tertiary/aromatic N) is 1. The summed E-state index contributed by atoms with van der Waals surface area (Å²) in [5.74, 6) is 0.731. The number of ether oxygens (including phenoxy) is 1. The van der Waals surface area contributed by atoms with E-state index in [2.05, 4.69) is 30.2 Å². The maximum atomic E-state index is 5.69. The van der Waals surface area contributed by atoms with Gasteiger partial charge in [0, 0.05) is 18.3 Å². The smallest absolute Gasteiger partial charge is 0.214 e. The number of aromatic nitrogens is 1. The van der Waals surface area contributed by atoms with E-state index < -0.39 is 0 Å². The normalized spacial score (nSPS) is 12.5. The predicted octanol–water partition coefficient (Wildman–Crippen LogP) is 2.29. The first-order valence-electron chi connectivity index (χ1n) is 5.44. The highest BCUT2D eigenvalue weighted by atomic mass is 16.5. The van der Waals surface area contributed by atoms with E-state index in [9.17, 15) is 0 Å². The van der Waals surface area contributed by atoms with Crippen LogP contribution in [0.3, 0.4) is 0 Å². The van der Waals surface area contributed by atoms with Crippen LogP contribution >= 0.6 is 0 Å². The van der Waals surface area contributed by atoms with Crippen molar-refractivity contribution in [2.24, 2.45) is 0 Å². The third kappa shape index (κ3) is 3.88. The Labute approximate surface area is 91.9 Å². The van der Waals surface area contributed by atoms with E-state index in [0.29, 0.717) is 0 Å². The van der Waals surface area contributed by atoms with Gasteiger partial charge in [-0.25, -0.2) is 4.98 Å². The number of pyridine rings is 1. The van der Waals surface area contributed by atoms with Gasteiger partial charge in [0.15, 0.2) is 0 Å². The van der Waals surface area contributed by atoms with Crippen LogP contribution in [0.1, 0.15) is 31.5 Å². The highest BCUT2D eigenvalue weighted by molar-refractivity contribution is 5.24. The molecule has 1 aromatic heterocycles. The van der Waals surface area contributed by atoms with Crippen LogP contribution < -0.4 is 10.1 Å². The fraction of sp³-hybridized carbons (Fsp3) is 0.583. The van der Waals surface area contributed by atoms with Crippen LogP contribution in [0.15, 0.2) is 12.1 Å². The van der Waals surface area contributed by atoms with E-state index in [1.54, 1.807) is 0 Å². The van der Waals surface area contributed by atoms with E-state index in [-0.39, 0.29) is 6.10 Å². The van der Waals surface area contributed by atoms with Gasteiger partial charge in [-0.2, -0.15) is 0 Å². The third-order valence-corrected chi connectivity index (χ3v) is 2.27. The number of hydrogen-bond donors (Lipinski definition) is 1. The largest absolute Gasteiger partial charge is 0.475 e. The van der Waals surface area contributed by atoms with Gasteiger partial charge < -0.3 is 10.1 Å². The Balaban J connectivity index is 2.78. The Kier molecular flexibility index (Phi) is 4.56. The van der Waals surface area contributed by atoms with E-state index >= 15 is 0 Å². The van der Waals surface area contributed by atoms with Crippen LogP contribution in [0.2, 0.25) is 0 Å². The first kappa shape index (κ1) is 12.0. The molecule has 1 aromatic rings. The molecule has 0 saturated heterocycles. The molecule has 3 nitrogen and oxygen atoms in total. The highest BCUT2D eigenvalue weighted by Gasteiger charge is 2.04. The van der Waals surface area contributed by atoms with Gasteiger partial charge in [-0.3, -0.25) is 0 Å². The fourth-order valence-corrected chi connectivity index (χ4v) is 1.36. The Morgan fingerprint density at radius 3 is 2.80 bits per heavy atom. The first-order valence-corrected chi connectivity index (χ1v) is 5.44. The molecule has 1 atom stereocenters. The van der Waals surface area contributed by atoms with Crippen LogP contribution in [-0.2, 0) is 6.54 Å². The standard InChI is InChI=1S/C12H20N2O/c1-5-10(3)15-12-7-11(8-13-4)6-9(2)14-12/h6-7,10,13H,5,8H2,1-4H3. The molecule has 1 unspecified atom stereocenters. The second kappa shape index (κ2) is 5.71. The number of nitrogens with one attached hydrogen (secondary N) is 1. The molecule has 1 heterocycles. The average molecular weight is 208 g/mol. The maximum absolute atomic E-state index is 5.69. The fourth-order valence-electron chi connectivity index (χ4n) is 1.36. The number of rotatable bonds is 5. The van der Waals surface area contributed by atoms with Crippen molar-refractivity contribution in [3.8, 4) is 5.88 Å². The van der Waals surface area contributed by atoms with Crippen LogP contribution in [0, 0.1) is 6.92 Å². The van der Waals surface area contributed by atoms with Crippen LogP contribution in [0.5, 0.6) is 5.88 Å². The molecule has 0 bridgehead atoms. The summed E-state index contributed by atoms with van der Waals surface area (Å²) < 4.78 is 5.69. The van der Waals surface area contributed by atoms with Crippen molar-refractivity contribution in [1.29, 1.82) is 0 Å². The summed E-state index contributed by atoms with van der Waals surface area (Å²) in [4.78, 5) is 4.35. The molecule has 1 rings (SSSR count). The minimum absolute atomic E-state index is 0.224. The van der Waals surface area contributed by atoms with Gasteiger partial charge in [-0.15, -0.1) is 0 Å². The van der Waals surface area contributed by atoms with Crippen LogP contribution in [0.4, 0.5) is 0 Å². The molecule has 0 saturated carbocycles. The van der Waals surface area contributed by atoms with Crippen LogP contribution in [0.25, 0.3) is 0 Å². The molecule has 0 aromatic carbocycles. The van der Waals surface area contributed by atoms with E-state index in [1.807, 2.05) is 20.0 Å². The molecule has 1 N–H and O–H groups in total. The molecular formula is C12H20N2O. The predicted molar refractivity (Wildman–Crippen MR) is 62.1 cm³/mol. The Morgan fingerprint density at radius 1 is 1.47 bits per heavy atom. The van der Waals surface area contributed by atoms with Gasteiger partial charge in [0.2, 0.25) is 5.88 Å². The summed E-state index contributed by atoms with van der Waals surface area (Å²) in [5.41, 5.74) is 2.21. The molecule has 3 heteroatoms. The molecule has 15 heavy (non-hydrogen) atoms. The first-order chi connectivity index (χ1) is 7.15. The summed E-state index contributed by atoms with van der Waals surface area (Å²) in [5, 5.41) is 3.12. The molecule has 0 radical (unpaired) electrons. The monoisotopic (exact) mass is 208 g/mol. The van der Waals surface area contributed by atoms with Gasteiger partial charge in [-0.05, 0) is 38.9 Å². The third-order valence-electron chi connectivity index (χ3n) is 2.27. The topological polar surface area (TPSA) is 34.1 Å². The lowest BCUT2D eigenvalue weighted by Crippen LogP contribution is -2.12. The van der Waals surface area contributed by atoms with Crippen molar-refractivity contribution in [3.63, 3.8) is 0 Å². The van der Waals surface area contributed by atoms with Crippen molar-refractivity contribution in [2.75, 3.05) is 7.05 Å². The molecule has 0 aliphatic heterocycles. The maximum Gasteiger partial charge on any atom is 0.214 e. The molecule has 0 amide bonds. The zero-order chi connectivity index (χ0) is 11.3. The summed E-state index contributed by atoms with van der Waals surface area (Å²) in [6.07, 6.45) is 1.22. The minimum Gasteiger partial charge on any atom is -0.475 e. The quantitative estimate of drug-likeness (QED) is 0.806. The molecule has 84 valence electrons. The van der Waals surface area contributed by atoms with Crippen molar-refractivity contribution in [2.45, 2.75) is 39.8 Å². The SMILES string of the molecule is CCC(C)Oc1cc(CNC)cc(C)n1. The van der Waals surface area contributed by atoms with Gasteiger partial charge >= 0.3 is 0 Å². The zero-order valence-corrected chi connectivity index (χ0v) is 10.0. The van der Waals surface area contributed by atoms with E-state index in [0.717, 1.165) is 24.5 Å². The summed E-state index contributed by atoms with van der Waals surface area (Å²) in [6, 6.07) is 4.07. The Morgan fingerprint density at radius 2 is 2.20 bits per heavy atom. The molecule has 0 aliphatic carbocycles. The number of hydrogen-bond acceptors (Lipinski definition) is 3. The van der Waals surface area contributed by atoms with Gasteiger partial charge in [0.1, 0.15) is 0 Å². The lowest BCUT2D eigenvalue weighted by atomic mass is 10.2. The molecule has 0 aliphatic rings. The Bertz CT molecular complexity index is 312. The van der Waals surface area contributed by atoms with Crippen LogP contribution in [-0.4, -0.2) is 18.1 Å². The summed E-state index contributed by atoms with van der Waals surface area (Å²) in [6.45, 7) is 7.00. The Hall–Kier alpha value is -1.09. The van der Waals surface area contributed by atoms with Gasteiger partial charge in [0.05, 0.1) is 6.10 Å². The summed E-state index contributed by atoms with van der Waals surface area (Å²) in [7, 11) is 1.94. The van der Waals surface area contributed by atoms with Crippen molar-refractivity contribution in [1.82, 2.24) is 10.3 Å². The second-order valence-corrected chi connectivity index (χ2v) is 3.82. The molecule has 0 spiro atoms. The lowest BCUT2D eigenvalue weighted by molar-refractivity contribution is 0.208. The average Bonchev–Trinajstić information content (AvgIpc) is 2.17. The van der Waals surface area contributed by atoms with Gasteiger partial charge in [0.25, 0.3) is 0 Å². The van der Waals surface area contributed by atoms with Crippen molar-refractivity contribution in [3.05, 3.63) is 23.4 Å². The van der Waals surface area contributed by atoms with Gasteiger partial charge in [-0.1, -0.05) is 6.92 Å². The lowest BCUT2D eigenvalue weighted by Gasteiger charge is -2.13. The highest BCUT2D eigenvalue weighted by Crippen LogP contribution is 2.14. The second-order valence-electron chi connectivity index (χ2n) is 3.82. The number of aryl methyl sites for hydroxylation is 1. The van der Waals surface area contributed by atoms with E-state index in [1.165, 1.54) is 5.56 Å².